The van der Waals surface area contributed by atoms with Gasteiger partial charge in [0.1, 0.15) is 11.5 Å². The summed E-state index contributed by atoms with van der Waals surface area (Å²) in [6.07, 6.45) is 2.24. The van der Waals surface area contributed by atoms with Crippen molar-refractivity contribution in [2.24, 2.45) is 7.05 Å². The Morgan fingerprint density at radius 3 is 2.77 bits per heavy atom. The summed E-state index contributed by atoms with van der Waals surface area (Å²) in [7, 11) is 5.53. The fourth-order valence-corrected chi connectivity index (χ4v) is 2.20. The molecular formula is C14H20N6O2. The number of aromatic nitrogens is 3. The molecule has 0 aromatic carbocycles. The Labute approximate surface area is 128 Å². The van der Waals surface area contributed by atoms with Crippen LogP contribution in [0.1, 0.15) is 18.2 Å². The van der Waals surface area contributed by atoms with Crippen LogP contribution in [0.2, 0.25) is 0 Å². The highest BCUT2D eigenvalue weighted by molar-refractivity contribution is 5.60. The van der Waals surface area contributed by atoms with Crippen LogP contribution in [-0.4, -0.2) is 33.8 Å². The Kier molecular flexibility index (Phi) is 4.59. The van der Waals surface area contributed by atoms with Gasteiger partial charge in [-0.05, 0) is 24.1 Å². The molecule has 0 saturated heterocycles. The van der Waals surface area contributed by atoms with E-state index < -0.39 is 0 Å². The molecule has 8 nitrogen and oxygen atoms in total. The molecular weight excluding hydrogens is 284 g/mol. The van der Waals surface area contributed by atoms with Gasteiger partial charge in [-0.2, -0.15) is 5.10 Å². The molecule has 0 atom stereocenters. The number of hydrogen-bond donors (Lipinski definition) is 1. The van der Waals surface area contributed by atoms with Gasteiger partial charge in [0.05, 0.1) is 4.92 Å². The van der Waals surface area contributed by atoms with Gasteiger partial charge in [-0.25, -0.2) is 9.67 Å². The predicted molar refractivity (Wildman–Crippen MR) is 85.1 cm³/mol. The van der Waals surface area contributed by atoms with Crippen LogP contribution in [0, 0.1) is 10.1 Å². The van der Waals surface area contributed by atoms with Crippen LogP contribution in [0.25, 0.3) is 0 Å². The van der Waals surface area contributed by atoms with Gasteiger partial charge in [0, 0.05) is 33.9 Å². The zero-order valence-corrected chi connectivity index (χ0v) is 13.2. The number of nitrogens with one attached hydrogen (secondary N) is 1. The molecule has 2 aromatic rings. The van der Waals surface area contributed by atoms with Crippen molar-refractivity contribution in [3.05, 3.63) is 39.7 Å². The summed E-state index contributed by atoms with van der Waals surface area (Å²) in [6.45, 7) is 2.32. The van der Waals surface area contributed by atoms with Crippen LogP contribution in [0.3, 0.4) is 0 Å². The van der Waals surface area contributed by atoms with Gasteiger partial charge in [-0.15, -0.1) is 0 Å². The maximum absolute atomic E-state index is 11.3. The molecule has 0 radical (unpaired) electrons. The number of hydrogen-bond acceptors (Lipinski definition) is 6. The van der Waals surface area contributed by atoms with Gasteiger partial charge >= 0.3 is 5.69 Å². The van der Waals surface area contributed by atoms with E-state index in [1.807, 2.05) is 38.1 Å². The normalized spacial score (nSPS) is 10.5. The average Bonchev–Trinajstić information content (AvgIpc) is 2.81. The topological polar surface area (TPSA) is 89.1 Å². The van der Waals surface area contributed by atoms with E-state index in [1.54, 1.807) is 13.2 Å². The van der Waals surface area contributed by atoms with Crippen LogP contribution in [-0.2, 0) is 20.0 Å². The van der Waals surface area contributed by atoms with Crippen LogP contribution in [0.4, 0.5) is 17.3 Å². The van der Waals surface area contributed by atoms with Crippen molar-refractivity contribution in [3.63, 3.8) is 0 Å². The number of aryl methyl sites for hydroxylation is 2. The van der Waals surface area contributed by atoms with Gasteiger partial charge in [0.25, 0.3) is 0 Å². The van der Waals surface area contributed by atoms with E-state index in [0.717, 1.165) is 11.4 Å². The lowest BCUT2D eigenvalue weighted by atomic mass is 10.2. The molecule has 0 fully saturated rings. The van der Waals surface area contributed by atoms with Crippen molar-refractivity contribution >= 4 is 17.3 Å². The lowest BCUT2D eigenvalue weighted by Gasteiger charge is -2.12. The second-order valence-electron chi connectivity index (χ2n) is 5.15. The van der Waals surface area contributed by atoms with E-state index in [9.17, 15) is 10.1 Å². The summed E-state index contributed by atoms with van der Waals surface area (Å²) in [6, 6.07) is 3.82. The van der Waals surface area contributed by atoms with Gasteiger partial charge in [-0.3, -0.25) is 10.1 Å². The van der Waals surface area contributed by atoms with Crippen LogP contribution in [0.15, 0.2) is 18.3 Å². The maximum atomic E-state index is 11.3. The van der Waals surface area contributed by atoms with Crippen molar-refractivity contribution in [1.29, 1.82) is 0 Å². The summed E-state index contributed by atoms with van der Waals surface area (Å²) >= 11 is 0. The third-order valence-corrected chi connectivity index (χ3v) is 3.34. The van der Waals surface area contributed by atoms with E-state index in [4.69, 9.17) is 0 Å². The number of nitrogens with zero attached hydrogens (tertiary/aromatic N) is 5. The molecule has 0 aliphatic heterocycles. The third-order valence-electron chi connectivity index (χ3n) is 3.34. The van der Waals surface area contributed by atoms with E-state index in [1.165, 1.54) is 4.68 Å². The van der Waals surface area contributed by atoms with Crippen molar-refractivity contribution in [1.82, 2.24) is 14.8 Å². The van der Waals surface area contributed by atoms with Crippen molar-refractivity contribution in [3.8, 4) is 0 Å². The fraction of sp³-hybridized carbons (Fsp3) is 0.429. The first-order valence-corrected chi connectivity index (χ1v) is 7.00. The molecule has 2 heterocycles. The molecule has 0 spiro atoms. The molecule has 8 heteroatoms. The van der Waals surface area contributed by atoms with Crippen LogP contribution < -0.4 is 10.2 Å². The quantitative estimate of drug-likeness (QED) is 0.648. The minimum atomic E-state index is -0.383. The minimum absolute atomic E-state index is 0.0480. The van der Waals surface area contributed by atoms with Crippen molar-refractivity contribution in [2.45, 2.75) is 19.9 Å². The zero-order valence-electron chi connectivity index (χ0n) is 13.2. The summed E-state index contributed by atoms with van der Waals surface area (Å²) in [4.78, 5) is 17.0. The minimum Gasteiger partial charge on any atom is -0.363 e. The highest BCUT2D eigenvalue weighted by Gasteiger charge is 2.25. The number of nitro groups is 1. The Hall–Kier alpha value is -2.64. The van der Waals surface area contributed by atoms with Crippen LogP contribution >= 0.6 is 0 Å². The second-order valence-corrected chi connectivity index (χ2v) is 5.15. The Balaban J connectivity index is 2.23. The SMILES string of the molecule is CCc1nn(C)c(NCc2ccnc(N(C)C)c2)c1[N+](=O)[O-]. The molecule has 2 rings (SSSR count). The van der Waals surface area contributed by atoms with E-state index in [0.29, 0.717) is 24.5 Å². The number of rotatable bonds is 6. The fourth-order valence-electron chi connectivity index (χ4n) is 2.20. The van der Waals surface area contributed by atoms with Gasteiger partial charge in [-0.1, -0.05) is 6.92 Å². The summed E-state index contributed by atoms with van der Waals surface area (Å²) in [5.41, 5.74) is 1.53. The Bertz CT molecular complexity index is 680. The van der Waals surface area contributed by atoms with Crippen molar-refractivity contribution in [2.75, 3.05) is 24.3 Å². The standard InChI is InChI=1S/C14H20N6O2/c1-5-11-13(20(21)22)14(19(4)17-11)16-9-10-6-7-15-12(8-10)18(2)3/h6-8,16H,5,9H2,1-4H3. The summed E-state index contributed by atoms with van der Waals surface area (Å²) in [5.74, 6) is 1.26. The molecule has 22 heavy (non-hydrogen) atoms. The van der Waals surface area contributed by atoms with E-state index in [2.05, 4.69) is 15.4 Å². The average molecular weight is 304 g/mol. The molecule has 1 N–H and O–H groups in total. The first-order valence-electron chi connectivity index (χ1n) is 7.00. The van der Waals surface area contributed by atoms with E-state index in [-0.39, 0.29) is 10.6 Å². The molecule has 0 bridgehead atoms. The zero-order chi connectivity index (χ0) is 16.3. The molecule has 2 aromatic heterocycles. The van der Waals surface area contributed by atoms with E-state index >= 15 is 0 Å². The number of anilines is 2. The smallest absolute Gasteiger partial charge is 0.333 e. The second kappa shape index (κ2) is 6.42. The first kappa shape index (κ1) is 15.7. The molecule has 0 amide bonds. The Morgan fingerprint density at radius 1 is 1.45 bits per heavy atom. The van der Waals surface area contributed by atoms with Crippen LogP contribution in [0.5, 0.6) is 0 Å². The largest absolute Gasteiger partial charge is 0.363 e. The molecule has 0 saturated carbocycles. The molecule has 0 aliphatic rings. The van der Waals surface area contributed by atoms with Crippen molar-refractivity contribution < 1.29 is 4.92 Å². The lowest BCUT2D eigenvalue weighted by Crippen LogP contribution is -2.12. The lowest BCUT2D eigenvalue weighted by molar-refractivity contribution is -0.384. The summed E-state index contributed by atoms with van der Waals surface area (Å²) < 4.78 is 1.52. The van der Waals surface area contributed by atoms with Gasteiger partial charge in [0.15, 0.2) is 0 Å². The monoisotopic (exact) mass is 304 g/mol. The van der Waals surface area contributed by atoms with Gasteiger partial charge < -0.3 is 10.2 Å². The Morgan fingerprint density at radius 2 is 2.18 bits per heavy atom. The highest BCUT2D eigenvalue weighted by atomic mass is 16.6. The third kappa shape index (κ3) is 3.16. The molecule has 0 aliphatic carbocycles. The maximum Gasteiger partial charge on any atom is 0.333 e. The molecule has 118 valence electrons. The number of pyridine rings is 1. The molecule has 0 unspecified atom stereocenters. The first-order chi connectivity index (χ1) is 10.4. The van der Waals surface area contributed by atoms with Gasteiger partial charge in [0.2, 0.25) is 5.82 Å². The highest BCUT2D eigenvalue weighted by Crippen LogP contribution is 2.28. The summed E-state index contributed by atoms with van der Waals surface area (Å²) in [5, 5.41) is 18.6. The predicted octanol–water partition coefficient (Wildman–Crippen LogP) is 1.96.